The summed E-state index contributed by atoms with van der Waals surface area (Å²) in [7, 11) is -5.82. The Morgan fingerprint density at radius 2 is 1.71 bits per heavy atom. The van der Waals surface area contributed by atoms with E-state index in [0.29, 0.717) is 25.0 Å². The molecule has 0 amide bonds. The third kappa shape index (κ3) is 3.61. The minimum Gasteiger partial charge on any atom is -0.314 e. The SMILES string of the molecule is CNS(=O)(=O)c1ccc(S(=O)(=O)N2CCC3NCCC3C2)cc1.Cl. The van der Waals surface area contributed by atoms with Gasteiger partial charge in [0, 0.05) is 19.1 Å². The number of nitrogens with one attached hydrogen (secondary N) is 2. The largest absolute Gasteiger partial charge is 0.314 e. The van der Waals surface area contributed by atoms with Crippen molar-refractivity contribution in [2.45, 2.75) is 28.7 Å². The molecule has 2 heterocycles. The van der Waals surface area contributed by atoms with Crippen molar-refractivity contribution < 1.29 is 16.8 Å². The van der Waals surface area contributed by atoms with Crippen LogP contribution in [0.3, 0.4) is 0 Å². The summed E-state index contributed by atoms with van der Waals surface area (Å²) in [5.74, 6) is 0.363. The Balaban J connectivity index is 0.00000208. The Bertz CT molecular complexity index is 781. The molecule has 2 unspecified atom stereocenters. The van der Waals surface area contributed by atoms with Gasteiger partial charge in [-0.15, -0.1) is 12.4 Å². The second-order valence-corrected chi connectivity index (χ2v) is 9.76. The summed E-state index contributed by atoms with van der Waals surface area (Å²) in [5.41, 5.74) is 0. The van der Waals surface area contributed by atoms with Crippen LogP contribution < -0.4 is 10.0 Å². The number of piperidine rings is 1. The van der Waals surface area contributed by atoms with Crippen LogP contribution in [-0.4, -0.2) is 53.9 Å². The van der Waals surface area contributed by atoms with Gasteiger partial charge in [-0.2, -0.15) is 4.31 Å². The molecular weight excluding hydrogens is 374 g/mol. The van der Waals surface area contributed by atoms with E-state index in [0.717, 1.165) is 19.4 Å². The number of hydrogen-bond donors (Lipinski definition) is 2. The average molecular weight is 396 g/mol. The molecule has 3 rings (SSSR count). The fourth-order valence-electron chi connectivity index (χ4n) is 3.29. The van der Waals surface area contributed by atoms with Gasteiger partial charge in [0.25, 0.3) is 0 Å². The predicted octanol–water partition coefficient (Wildman–Crippen LogP) is 0.389. The van der Waals surface area contributed by atoms with Gasteiger partial charge >= 0.3 is 0 Å². The van der Waals surface area contributed by atoms with E-state index in [-0.39, 0.29) is 22.2 Å². The van der Waals surface area contributed by atoms with Crippen molar-refractivity contribution in [3.63, 3.8) is 0 Å². The standard InChI is InChI=1S/C14H21N3O4S2.ClH/c1-15-22(18,19)12-2-4-13(5-3-12)23(20,21)17-9-7-14-11(10-17)6-8-16-14;/h2-5,11,14-16H,6-10H2,1H3;1H. The second kappa shape index (κ2) is 7.27. The number of hydrogen-bond acceptors (Lipinski definition) is 5. The third-order valence-corrected chi connectivity index (χ3v) is 7.97. The van der Waals surface area contributed by atoms with Gasteiger partial charge in [-0.1, -0.05) is 0 Å². The Hall–Kier alpha value is -0.710. The summed E-state index contributed by atoms with van der Waals surface area (Å²) in [5, 5.41) is 3.41. The van der Waals surface area contributed by atoms with Crippen LogP contribution in [0, 0.1) is 5.92 Å². The summed E-state index contributed by atoms with van der Waals surface area (Å²) in [6.07, 6.45) is 1.81. The lowest BCUT2D eigenvalue weighted by Gasteiger charge is -2.34. The highest BCUT2D eigenvalue weighted by Crippen LogP contribution is 2.28. The summed E-state index contributed by atoms with van der Waals surface area (Å²) in [4.78, 5) is 0.189. The van der Waals surface area contributed by atoms with Gasteiger partial charge in [-0.3, -0.25) is 0 Å². The van der Waals surface area contributed by atoms with Crippen molar-refractivity contribution in [1.82, 2.24) is 14.3 Å². The highest BCUT2D eigenvalue weighted by atomic mass is 35.5. The maximum atomic E-state index is 12.7. The lowest BCUT2D eigenvalue weighted by atomic mass is 9.95. The molecule has 2 N–H and O–H groups in total. The maximum absolute atomic E-state index is 12.7. The molecule has 0 aliphatic carbocycles. The van der Waals surface area contributed by atoms with E-state index >= 15 is 0 Å². The molecule has 2 atom stereocenters. The molecule has 0 radical (unpaired) electrons. The van der Waals surface area contributed by atoms with Crippen molar-refractivity contribution in [3.8, 4) is 0 Å². The van der Waals surface area contributed by atoms with E-state index in [1.54, 1.807) is 0 Å². The molecule has 0 spiro atoms. The van der Waals surface area contributed by atoms with E-state index in [9.17, 15) is 16.8 Å². The minimum absolute atomic E-state index is 0. The number of fused-ring (bicyclic) bond motifs is 1. The van der Waals surface area contributed by atoms with Crippen LogP contribution in [0.25, 0.3) is 0 Å². The van der Waals surface area contributed by atoms with Crippen LogP contribution in [0.2, 0.25) is 0 Å². The van der Waals surface area contributed by atoms with Crippen LogP contribution in [-0.2, 0) is 20.0 Å². The number of rotatable bonds is 4. The molecule has 2 aliphatic heterocycles. The van der Waals surface area contributed by atoms with E-state index in [2.05, 4.69) is 10.0 Å². The maximum Gasteiger partial charge on any atom is 0.243 e. The first-order valence-corrected chi connectivity index (χ1v) is 10.5. The zero-order valence-electron chi connectivity index (χ0n) is 13.3. The molecule has 10 heteroatoms. The monoisotopic (exact) mass is 395 g/mol. The Labute approximate surface area is 149 Å². The first-order chi connectivity index (χ1) is 10.8. The predicted molar refractivity (Wildman–Crippen MR) is 93.2 cm³/mol. The number of halogens is 1. The van der Waals surface area contributed by atoms with Gasteiger partial charge in [0.05, 0.1) is 9.79 Å². The molecule has 0 bridgehead atoms. The summed E-state index contributed by atoms with van der Waals surface area (Å²) in [6.45, 7) is 1.96. The van der Waals surface area contributed by atoms with Crippen molar-refractivity contribution in [3.05, 3.63) is 24.3 Å². The normalized spacial score (nSPS) is 25.0. The number of benzene rings is 1. The summed E-state index contributed by atoms with van der Waals surface area (Å²) >= 11 is 0. The molecule has 0 aromatic heterocycles. The molecule has 7 nitrogen and oxygen atoms in total. The molecule has 2 aliphatic rings. The first-order valence-electron chi connectivity index (χ1n) is 7.62. The third-order valence-electron chi connectivity index (χ3n) is 4.66. The van der Waals surface area contributed by atoms with Crippen LogP contribution in [0.15, 0.2) is 34.1 Å². The highest BCUT2D eigenvalue weighted by molar-refractivity contribution is 7.89. The highest BCUT2D eigenvalue weighted by Gasteiger charge is 2.37. The van der Waals surface area contributed by atoms with Gasteiger partial charge < -0.3 is 5.32 Å². The van der Waals surface area contributed by atoms with Crippen LogP contribution in [0.1, 0.15) is 12.8 Å². The average Bonchev–Trinajstić information content (AvgIpc) is 3.02. The molecule has 24 heavy (non-hydrogen) atoms. The quantitative estimate of drug-likeness (QED) is 0.768. The molecular formula is C14H22ClN3O4S2. The van der Waals surface area contributed by atoms with E-state index < -0.39 is 20.0 Å². The smallest absolute Gasteiger partial charge is 0.243 e. The fraction of sp³-hybridized carbons (Fsp3) is 0.571. The van der Waals surface area contributed by atoms with Crippen LogP contribution >= 0.6 is 12.4 Å². The topological polar surface area (TPSA) is 95.6 Å². The first kappa shape index (κ1) is 19.6. The Morgan fingerprint density at radius 1 is 1.08 bits per heavy atom. The van der Waals surface area contributed by atoms with E-state index in [4.69, 9.17) is 0 Å². The zero-order chi connectivity index (χ0) is 16.7. The molecule has 2 fully saturated rings. The van der Waals surface area contributed by atoms with Crippen LogP contribution in [0.4, 0.5) is 0 Å². The molecule has 0 saturated carbocycles. The van der Waals surface area contributed by atoms with E-state index in [1.165, 1.54) is 35.6 Å². The summed E-state index contributed by atoms with van der Waals surface area (Å²) in [6, 6.07) is 5.78. The Kier molecular flexibility index (Phi) is 5.94. The Morgan fingerprint density at radius 3 is 2.33 bits per heavy atom. The second-order valence-electron chi connectivity index (χ2n) is 5.94. The van der Waals surface area contributed by atoms with Gasteiger partial charge in [0.2, 0.25) is 20.0 Å². The number of nitrogens with zero attached hydrogens (tertiary/aromatic N) is 1. The lowest BCUT2D eigenvalue weighted by Crippen LogP contribution is -2.46. The number of sulfonamides is 2. The fourth-order valence-corrected chi connectivity index (χ4v) is 5.53. The zero-order valence-corrected chi connectivity index (χ0v) is 15.8. The van der Waals surface area contributed by atoms with Crippen molar-refractivity contribution in [2.24, 2.45) is 5.92 Å². The van der Waals surface area contributed by atoms with Gasteiger partial charge in [0.15, 0.2) is 0 Å². The van der Waals surface area contributed by atoms with Crippen LogP contribution in [0.5, 0.6) is 0 Å². The molecule has 2 saturated heterocycles. The van der Waals surface area contributed by atoms with Gasteiger partial charge in [-0.05, 0) is 56.6 Å². The van der Waals surface area contributed by atoms with Crippen molar-refractivity contribution in [2.75, 3.05) is 26.7 Å². The van der Waals surface area contributed by atoms with Crippen molar-refractivity contribution in [1.29, 1.82) is 0 Å². The van der Waals surface area contributed by atoms with Crippen molar-refractivity contribution >= 4 is 32.5 Å². The molecule has 136 valence electrons. The van der Waals surface area contributed by atoms with E-state index in [1.807, 2.05) is 0 Å². The minimum atomic E-state index is -3.58. The molecule has 1 aromatic rings. The lowest BCUT2D eigenvalue weighted by molar-refractivity contribution is 0.247. The summed E-state index contributed by atoms with van der Waals surface area (Å²) < 4.78 is 52.6. The van der Waals surface area contributed by atoms with Gasteiger partial charge in [0.1, 0.15) is 0 Å². The molecule has 1 aromatic carbocycles. The van der Waals surface area contributed by atoms with Gasteiger partial charge in [-0.25, -0.2) is 21.6 Å².